The van der Waals surface area contributed by atoms with Gasteiger partial charge in [-0.3, -0.25) is 4.68 Å². The van der Waals surface area contributed by atoms with E-state index in [-0.39, 0.29) is 6.04 Å². The van der Waals surface area contributed by atoms with E-state index in [1.807, 2.05) is 16.8 Å². The van der Waals surface area contributed by atoms with Crippen molar-refractivity contribution in [2.75, 3.05) is 0 Å². The lowest BCUT2D eigenvalue weighted by molar-refractivity contribution is 0.567. The Labute approximate surface area is 115 Å². The van der Waals surface area contributed by atoms with E-state index in [2.05, 4.69) is 45.1 Å². The number of aromatic nitrogens is 3. The zero-order valence-corrected chi connectivity index (χ0v) is 12.0. The van der Waals surface area contributed by atoms with Crippen molar-refractivity contribution < 1.29 is 0 Å². The highest BCUT2D eigenvalue weighted by Crippen LogP contribution is 2.12. The highest BCUT2D eigenvalue weighted by molar-refractivity contribution is 9.10. The molecular weight excluding hydrogens is 292 g/mol. The van der Waals surface area contributed by atoms with E-state index < -0.39 is 0 Å². The maximum atomic E-state index is 6.17. The molecule has 0 saturated heterocycles. The molecule has 2 N–H and O–H groups in total. The quantitative estimate of drug-likeness (QED) is 0.921. The predicted octanol–water partition coefficient (Wildman–Crippen LogP) is 2.17. The Morgan fingerprint density at radius 2 is 2.00 bits per heavy atom. The molecule has 2 aromatic rings. The number of nitrogens with two attached hydrogens (primary N) is 1. The van der Waals surface area contributed by atoms with Crippen LogP contribution in [0.25, 0.3) is 0 Å². The topological polar surface area (TPSA) is 56.7 Å². The lowest BCUT2D eigenvalue weighted by Crippen LogP contribution is -2.27. The van der Waals surface area contributed by atoms with Crippen LogP contribution in [0.3, 0.4) is 0 Å². The first-order valence-corrected chi connectivity index (χ1v) is 6.85. The van der Waals surface area contributed by atoms with Crippen LogP contribution in [0.15, 0.2) is 35.1 Å². The number of hydrogen-bond acceptors (Lipinski definition) is 3. The fourth-order valence-electron chi connectivity index (χ4n) is 1.94. The van der Waals surface area contributed by atoms with Crippen LogP contribution in [0.5, 0.6) is 0 Å². The molecule has 0 aliphatic heterocycles. The third kappa shape index (κ3) is 3.40. The molecule has 0 bridgehead atoms. The second kappa shape index (κ2) is 6.11. The summed E-state index contributed by atoms with van der Waals surface area (Å²) in [5.74, 6) is 0.960. The van der Waals surface area contributed by atoms with Crippen molar-refractivity contribution in [2.24, 2.45) is 5.73 Å². The molecule has 1 heterocycles. The standard InChI is InChI=1S/C13H17BrN4/c1-2-18-13(16-9-17-18)8-12(15)7-10-3-5-11(14)6-4-10/h3-6,9,12H,2,7-8,15H2,1H3. The summed E-state index contributed by atoms with van der Waals surface area (Å²) in [5, 5.41) is 4.15. The van der Waals surface area contributed by atoms with Gasteiger partial charge in [0, 0.05) is 23.5 Å². The van der Waals surface area contributed by atoms with Crippen molar-refractivity contribution in [3.8, 4) is 0 Å². The zero-order chi connectivity index (χ0) is 13.0. The molecule has 0 radical (unpaired) electrons. The van der Waals surface area contributed by atoms with Crippen molar-refractivity contribution in [3.05, 3.63) is 46.5 Å². The SMILES string of the molecule is CCn1ncnc1CC(N)Cc1ccc(Br)cc1. The normalized spacial score (nSPS) is 12.6. The van der Waals surface area contributed by atoms with Gasteiger partial charge in [0.2, 0.25) is 0 Å². The average Bonchev–Trinajstić information content (AvgIpc) is 2.79. The predicted molar refractivity (Wildman–Crippen MR) is 75.2 cm³/mol. The van der Waals surface area contributed by atoms with Gasteiger partial charge >= 0.3 is 0 Å². The minimum atomic E-state index is 0.0701. The molecule has 1 atom stereocenters. The second-order valence-corrected chi connectivity index (χ2v) is 5.20. The van der Waals surface area contributed by atoms with Crippen LogP contribution in [0.1, 0.15) is 18.3 Å². The Kier molecular flexibility index (Phi) is 4.49. The first-order valence-electron chi connectivity index (χ1n) is 6.05. The number of benzene rings is 1. The van der Waals surface area contributed by atoms with Gasteiger partial charge < -0.3 is 5.73 Å². The molecule has 5 heteroatoms. The van der Waals surface area contributed by atoms with Crippen molar-refractivity contribution in [1.82, 2.24) is 14.8 Å². The first-order chi connectivity index (χ1) is 8.69. The number of halogens is 1. The van der Waals surface area contributed by atoms with Gasteiger partial charge in [0.15, 0.2) is 0 Å². The summed E-state index contributed by atoms with van der Waals surface area (Å²) in [5.41, 5.74) is 7.41. The average molecular weight is 309 g/mol. The molecule has 0 fully saturated rings. The minimum Gasteiger partial charge on any atom is -0.327 e. The summed E-state index contributed by atoms with van der Waals surface area (Å²) >= 11 is 3.43. The van der Waals surface area contributed by atoms with E-state index in [1.54, 1.807) is 6.33 Å². The van der Waals surface area contributed by atoms with Crippen molar-refractivity contribution >= 4 is 15.9 Å². The van der Waals surface area contributed by atoms with Gasteiger partial charge in [0.05, 0.1) is 0 Å². The van der Waals surface area contributed by atoms with E-state index in [0.29, 0.717) is 0 Å². The first kappa shape index (κ1) is 13.2. The summed E-state index contributed by atoms with van der Waals surface area (Å²) in [6.07, 6.45) is 3.19. The Hall–Kier alpha value is -1.20. The molecule has 96 valence electrons. The smallest absolute Gasteiger partial charge is 0.138 e. The van der Waals surface area contributed by atoms with Crippen LogP contribution < -0.4 is 5.73 Å². The molecule has 0 amide bonds. The molecule has 2 rings (SSSR count). The van der Waals surface area contributed by atoms with Crippen LogP contribution in [0, 0.1) is 0 Å². The van der Waals surface area contributed by atoms with Crippen LogP contribution in [0.4, 0.5) is 0 Å². The third-order valence-corrected chi connectivity index (χ3v) is 3.38. The highest BCUT2D eigenvalue weighted by Gasteiger charge is 2.10. The van der Waals surface area contributed by atoms with Crippen molar-refractivity contribution in [1.29, 1.82) is 0 Å². The third-order valence-electron chi connectivity index (χ3n) is 2.85. The molecule has 0 saturated carbocycles. The van der Waals surface area contributed by atoms with Crippen LogP contribution in [-0.4, -0.2) is 20.8 Å². The molecule has 1 aromatic heterocycles. The molecule has 4 nitrogen and oxygen atoms in total. The summed E-state index contributed by atoms with van der Waals surface area (Å²) < 4.78 is 2.98. The maximum Gasteiger partial charge on any atom is 0.138 e. The van der Waals surface area contributed by atoms with Gasteiger partial charge in [0.1, 0.15) is 12.2 Å². The summed E-state index contributed by atoms with van der Waals surface area (Å²) in [7, 11) is 0. The van der Waals surface area contributed by atoms with Gasteiger partial charge in [-0.1, -0.05) is 28.1 Å². The molecule has 18 heavy (non-hydrogen) atoms. The van der Waals surface area contributed by atoms with Crippen LogP contribution in [0.2, 0.25) is 0 Å². The van der Waals surface area contributed by atoms with E-state index in [0.717, 1.165) is 29.7 Å². The second-order valence-electron chi connectivity index (χ2n) is 4.29. The van der Waals surface area contributed by atoms with Gasteiger partial charge in [-0.15, -0.1) is 0 Å². The van der Waals surface area contributed by atoms with Gasteiger partial charge in [-0.05, 0) is 31.0 Å². The number of rotatable bonds is 5. The molecule has 0 aliphatic carbocycles. The largest absolute Gasteiger partial charge is 0.327 e. The monoisotopic (exact) mass is 308 g/mol. The summed E-state index contributed by atoms with van der Waals surface area (Å²) in [4.78, 5) is 4.25. The summed E-state index contributed by atoms with van der Waals surface area (Å²) in [6.45, 7) is 2.89. The summed E-state index contributed by atoms with van der Waals surface area (Å²) in [6, 6.07) is 8.33. The van der Waals surface area contributed by atoms with E-state index in [9.17, 15) is 0 Å². The molecule has 0 aliphatic rings. The Morgan fingerprint density at radius 3 is 2.67 bits per heavy atom. The number of hydrogen-bond donors (Lipinski definition) is 1. The van der Waals surface area contributed by atoms with Gasteiger partial charge in [-0.25, -0.2) is 4.98 Å². The number of aryl methyl sites for hydroxylation is 1. The molecule has 0 spiro atoms. The van der Waals surface area contributed by atoms with Gasteiger partial charge in [0.25, 0.3) is 0 Å². The van der Waals surface area contributed by atoms with E-state index in [4.69, 9.17) is 5.73 Å². The van der Waals surface area contributed by atoms with Gasteiger partial charge in [-0.2, -0.15) is 5.10 Å². The fourth-order valence-corrected chi connectivity index (χ4v) is 2.20. The maximum absolute atomic E-state index is 6.17. The lowest BCUT2D eigenvalue weighted by Gasteiger charge is -2.11. The van der Waals surface area contributed by atoms with E-state index in [1.165, 1.54) is 5.56 Å². The van der Waals surface area contributed by atoms with Crippen molar-refractivity contribution in [3.63, 3.8) is 0 Å². The van der Waals surface area contributed by atoms with Crippen LogP contribution >= 0.6 is 15.9 Å². The Morgan fingerprint density at radius 1 is 1.28 bits per heavy atom. The van der Waals surface area contributed by atoms with E-state index >= 15 is 0 Å². The lowest BCUT2D eigenvalue weighted by atomic mass is 10.0. The highest BCUT2D eigenvalue weighted by atomic mass is 79.9. The molecular formula is C13H17BrN4. The Balaban J connectivity index is 1.96. The molecule has 1 unspecified atom stereocenters. The zero-order valence-electron chi connectivity index (χ0n) is 10.4. The fraction of sp³-hybridized carbons (Fsp3) is 0.385. The number of nitrogens with zero attached hydrogens (tertiary/aromatic N) is 3. The Bertz CT molecular complexity index is 492. The minimum absolute atomic E-state index is 0.0701. The molecule has 1 aromatic carbocycles. The van der Waals surface area contributed by atoms with Crippen LogP contribution in [-0.2, 0) is 19.4 Å². The van der Waals surface area contributed by atoms with Crippen molar-refractivity contribution in [2.45, 2.75) is 32.4 Å².